The van der Waals surface area contributed by atoms with Crippen LogP contribution in [0.25, 0.3) is 0 Å². The van der Waals surface area contributed by atoms with E-state index < -0.39 is 36.5 Å². The molecule has 0 heterocycles. The van der Waals surface area contributed by atoms with Crippen molar-refractivity contribution in [2.75, 3.05) is 0 Å². The number of hydrogen-bond acceptors (Lipinski definition) is 6. The second-order valence-electron chi connectivity index (χ2n) is 4.78. The molecule has 9 heteroatoms. The molecule has 1 atom stereocenters. The van der Waals surface area contributed by atoms with Gasteiger partial charge < -0.3 is 25.0 Å². The minimum absolute atomic E-state index is 0.0814. The zero-order chi connectivity index (χ0) is 18.1. The molecule has 0 saturated carbocycles. The molecule has 1 unspecified atom stereocenters. The summed E-state index contributed by atoms with van der Waals surface area (Å²) in [6, 6.07) is 4.68. The van der Waals surface area contributed by atoms with Crippen LogP contribution in [0.2, 0.25) is 0 Å². The lowest BCUT2D eigenvalue weighted by Gasteiger charge is -2.13. The second kappa shape index (κ2) is 9.13. The number of ether oxygens (including phenoxy) is 2. The average Bonchev–Trinajstić information content (AvgIpc) is 2.50. The normalized spacial score (nSPS) is 11.2. The molecule has 1 aromatic carbocycles. The van der Waals surface area contributed by atoms with Crippen molar-refractivity contribution in [3.63, 3.8) is 0 Å². The summed E-state index contributed by atoms with van der Waals surface area (Å²) >= 11 is 0. The Balaban J connectivity index is 2.54. The van der Waals surface area contributed by atoms with Gasteiger partial charge in [0.15, 0.2) is 0 Å². The number of esters is 1. The van der Waals surface area contributed by atoms with Gasteiger partial charge in [-0.2, -0.15) is 0 Å². The highest BCUT2D eigenvalue weighted by Crippen LogP contribution is 2.13. The summed E-state index contributed by atoms with van der Waals surface area (Å²) in [5.74, 6) is -2.79. The fourth-order valence-corrected chi connectivity index (χ4v) is 1.64. The van der Waals surface area contributed by atoms with Gasteiger partial charge in [0, 0.05) is 13.3 Å². The molecule has 0 aliphatic rings. The van der Waals surface area contributed by atoms with E-state index in [4.69, 9.17) is 19.7 Å². The van der Waals surface area contributed by atoms with E-state index in [1.165, 1.54) is 19.1 Å². The van der Waals surface area contributed by atoms with Gasteiger partial charge in [0.1, 0.15) is 18.4 Å². The fraction of sp³-hybridized carbons (Fsp3) is 0.333. The molecule has 1 rings (SSSR count). The van der Waals surface area contributed by atoms with Crippen molar-refractivity contribution in [1.82, 2.24) is 5.32 Å². The summed E-state index contributed by atoms with van der Waals surface area (Å²) < 4.78 is 9.72. The summed E-state index contributed by atoms with van der Waals surface area (Å²) in [6.45, 7) is 1.36. The van der Waals surface area contributed by atoms with E-state index in [9.17, 15) is 19.2 Å². The number of carbonyl (C=O) groups excluding carboxylic acids is 2. The lowest BCUT2D eigenvalue weighted by atomic mass is 10.1. The van der Waals surface area contributed by atoms with Crippen LogP contribution < -0.4 is 10.1 Å². The van der Waals surface area contributed by atoms with E-state index in [-0.39, 0.29) is 18.8 Å². The van der Waals surface area contributed by atoms with E-state index in [0.717, 1.165) is 0 Å². The Kier molecular flexibility index (Phi) is 7.21. The number of hydrogen-bond donors (Lipinski definition) is 3. The monoisotopic (exact) mass is 339 g/mol. The van der Waals surface area contributed by atoms with Crippen LogP contribution in [-0.2, 0) is 25.7 Å². The predicted molar refractivity (Wildman–Crippen MR) is 79.4 cm³/mol. The van der Waals surface area contributed by atoms with Gasteiger partial charge in [-0.25, -0.2) is 9.59 Å². The third-order valence-corrected chi connectivity index (χ3v) is 2.81. The smallest absolute Gasteiger partial charge is 0.413 e. The van der Waals surface area contributed by atoms with Crippen LogP contribution in [0.3, 0.4) is 0 Å². The summed E-state index contributed by atoms with van der Waals surface area (Å²) in [5, 5.41) is 19.6. The Morgan fingerprint density at radius 1 is 1.12 bits per heavy atom. The van der Waals surface area contributed by atoms with Crippen molar-refractivity contribution in [1.29, 1.82) is 0 Å². The number of aliphatic carboxylic acids is 2. The van der Waals surface area contributed by atoms with E-state index in [1.54, 1.807) is 12.1 Å². The van der Waals surface area contributed by atoms with Crippen LogP contribution in [0.1, 0.15) is 25.3 Å². The van der Waals surface area contributed by atoms with Crippen LogP contribution in [0.15, 0.2) is 24.3 Å². The SMILES string of the molecule is CC(=O)OCc1ccc(OC(=O)NC(CCC(=O)O)C(=O)O)cc1. The van der Waals surface area contributed by atoms with Gasteiger partial charge in [-0.1, -0.05) is 12.1 Å². The summed E-state index contributed by atoms with van der Waals surface area (Å²) in [7, 11) is 0. The number of carboxylic acids is 2. The number of rotatable bonds is 8. The first-order valence-corrected chi connectivity index (χ1v) is 6.93. The van der Waals surface area contributed by atoms with Crippen molar-refractivity contribution in [3.05, 3.63) is 29.8 Å². The molecule has 0 aromatic heterocycles. The molecular formula is C15H17NO8. The maximum absolute atomic E-state index is 11.7. The molecule has 0 aliphatic carbocycles. The van der Waals surface area contributed by atoms with Crippen molar-refractivity contribution >= 4 is 24.0 Å². The highest BCUT2D eigenvalue weighted by molar-refractivity contribution is 5.81. The molecule has 0 saturated heterocycles. The fourth-order valence-electron chi connectivity index (χ4n) is 1.64. The molecule has 9 nitrogen and oxygen atoms in total. The van der Waals surface area contributed by atoms with Crippen molar-refractivity contribution in [2.45, 2.75) is 32.4 Å². The van der Waals surface area contributed by atoms with Crippen LogP contribution >= 0.6 is 0 Å². The van der Waals surface area contributed by atoms with Gasteiger partial charge in [-0.15, -0.1) is 0 Å². The van der Waals surface area contributed by atoms with E-state index in [2.05, 4.69) is 5.32 Å². The quantitative estimate of drug-likeness (QED) is 0.599. The zero-order valence-corrected chi connectivity index (χ0v) is 12.9. The minimum Gasteiger partial charge on any atom is -0.481 e. The Morgan fingerprint density at radius 2 is 1.75 bits per heavy atom. The van der Waals surface area contributed by atoms with Crippen molar-refractivity contribution < 1.29 is 38.9 Å². The predicted octanol–water partition coefficient (Wildman–Crippen LogP) is 1.16. The molecule has 3 N–H and O–H groups in total. The third kappa shape index (κ3) is 7.25. The molecule has 0 fully saturated rings. The van der Waals surface area contributed by atoms with Crippen LogP contribution in [0, 0.1) is 0 Å². The van der Waals surface area contributed by atoms with Crippen molar-refractivity contribution in [3.8, 4) is 5.75 Å². The highest BCUT2D eigenvalue weighted by Gasteiger charge is 2.21. The Morgan fingerprint density at radius 3 is 2.25 bits per heavy atom. The molecule has 0 radical (unpaired) electrons. The van der Waals surface area contributed by atoms with Crippen LogP contribution in [0.5, 0.6) is 5.75 Å². The Hall–Kier alpha value is -3.10. The van der Waals surface area contributed by atoms with Gasteiger partial charge >= 0.3 is 24.0 Å². The Bertz CT molecular complexity index is 610. The number of nitrogens with one attached hydrogen (secondary N) is 1. The lowest BCUT2D eigenvalue weighted by molar-refractivity contribution is -0.142. The molecule has 0 bridgehead atoms. The van der Waals surface area contributed by atoms with E-state index >= 15 is 0 Å². The first-order chi connectivity index (χ1) is 11.3. The van der Waals surface area contributed by atoms with E-state index in [0.29, 0.717) is 5.56 Å². The molecule has 1 aromatic rings. The molecule has 0 spiro atoms. The summed E-state index contributed by atoms with van der Waals surface area (Å²) in [6.07, 6.45) is -1.68. The number of carboxylic acid groups (broad SMARTS) is 2. The maximum Gasteiger partial charge on any atom is 0.413 e. The Labute approximate surface area is 137 Å². The van der Waals surface area contributed by atoms with Crippen LogP contribution in [-0.4, -0.2) is 40.3 Å². The molecule has 24 heavy (non-hydrogen) atoms. The molecule has 130 valence electrons. The van der Waals surface area contributed by atoms with Gasteiger partial charge in [0.2, 0.25) is 0 Å². The third-order valence-electron chi connectivity index (χ3n) is 2.81. The van der Waals surface area contributed by atoms with Crippen molar-refractivity contribution in [2.24, 2.45) is 0 Å². The first kappa shape index (κ1) is 18.9. The number of carbonyl (C=O) groups is 4. The van der Waals surface area contributed by atoms with Gasteiger partial charge in [0.05, 0.1) is 0 Å². The second-order valence-corrected chi connectivity index (χ2v) is 4.78. The van der Waals surface area contributed by atoms with Gasteiger partial charge in [0.25, 0.3) is 0 Å². The highest BCUT2D eigenvalue weighted by atomic mass is 16.6. The zero-order valence-electron chi connectivity index (χ0n) is 12.9. The van der Waals surface area contributed by atoms with Gasteiger partial charge in [-0.3, -0.25) is 9.59 Å². The average molecular weight is 339 g/mol. The number of benzene rings is 1. The lowest BCUT2D eigenvalue weighted by Crippen LogP contribution is -2.42. The summed E-state index contributed by atoms with van der Waals surface area (Å²) in [4.78, 5) is 43.8. The minimum atomic E-state index is -1.36. The summed E-state index contributed by atoms with van der Waals surface area (Å²) in [5.41, 5.74) is 0.683. The molecule has 1 amide bonds. The van der Waals surface area contributed by atoms with Gasteiger partial charge in [-0.05, 0) is 24.1 Å². The number of amides is 1. The topological polar surface area (TPSA) is 139 Å². The standard InChI is InChI=1S/C15H17NO8/c1-9(17)23-8-10-2-4-11(5-3-10)24-15(22)16-12(14(20)21)6-7-13(18)19/h2-5,12H,6-8H2,1H3,(H,16,22)(H,18,19)(H,20,21). The molecular weight excluding hydrogens is 322 g/mol. The largest absolute Gasteiger partial charge is 0.481 e. The van der Waals surface area contributed by atoms with E-state index in [1.807, 2.05) is 0 Å². The maximum atomic E-state index is 11.7. The first-order valence-electron chi connectivity index (χ1n) is 6.93. The van der Waals surface area contributed by atoms with Crippen LogP contribution in [0.4, 0.5) is 4.79 Å². The molecule has 0 aliphatic heterocycles.